The van der Waals surface area contributed by atoms with E-state index in [1.54, 1.807) is 44.6 Å². The van der Waals surface area contributed by atoms with Crippen LogP contribution in [0.1, 0.15) is 33.6 Å². The van der Waals surface area contributed by atoms with Crippen LogP contribution < -0.4 is 5.73 Å². The number of aliphatic hydroxyl groups excluding tert-OH is 2. The van der Waals surface area contributed by atoms with Crippen LogP contribution in [-0.4, -0.2) is 73.5 Å². The third kappa shape index (κ3) is 3.56. The van der Waals surface area contributed by atoms with Gasteiger partial charge in [-0.05, 0) is 68.3 Å². The Labute approximate surface area is 218 Å². The van der Waals surface area contributed by atoms with Crippen molar-refractivity contribution in [1.29, 1.82) is 0 Å². The molecule has 0 spiro atoms. The number of rotatable bonds is 4. The molecular weight excluding hydrogens is 490 g/mol. The number of pyridine rings is 1. The van der Waals surface area contributed by atoms with Crippen LogP contribution in [0.3, 0.4) is 0 Å². The summed E-state index contributed by atoms with van der Waals surface area (Å²) in [7, 11) is 3.18. The third-order valence-electron chi connectivity index (χ3n) is 7.76. The molecule has 0 saturated carbocycles. The highest BCUT2D eigenvalue weighted by molar-refractivity contribution is 6.24. The van der Waals surface area contributed by atoms with Crippen molar-refractivity contribution in [2.45, 2.75) is 24.5 Å². The quantitative estimate of drug-likeness (QED) is 0.378. The average molecular weight is 518 g/mol. The molecule has 5 rings (SSSR count). The van der Waals surface area contributed by atoms with Crippen LogP contribution in [0.15, 0.2) is 59.2 Å². The molecule has 1 aromatic carbocycles. The monoisotopic (exact) mass is 517 g/mol. The lowest BCUT2D eigenvalue weighted by molar-refractivity contribution is -0.148. The van der Waals surface area contributed by atoms with E-state index in [1.165, 1.54) is 11.0 Å². The van der Waals surface area contributed by atoms with E-state index < -0.39 is 58.0 Å². The minimum atomic E-state index is -2.66. The molecule has 3 aliphatic carbocycles. The standard InChI is InChI=1S/C28H27N3O7/c1-31(2)22-17-12-14-11-16-13(6-8-15-5-3-4-10-30-15)7-9-18(32)20(16)23(33)19(14)25(35)28(17,38)26(36)21(24(22)34)27(29)37/h3-10,14,17,22,32,34-35,38H,11-12H2,1-2H3,(H2,29,37)/b8-6+/t14-,17+,22+,28-/m0/s1. The summed E-state index contributed by atoms with van der Waals surface area (Å²) in [5, 5.41) is 44.4. The van der Waals surface area contributed by atoms with Crippen molar-refractivity contribution in [2.24, 2.45) is 17.6 Å². The molecule has 0 radical (unpaired) electrons. The molecule has 0 aliphatic heterocycles. The van der Waals surface area contributed by atoms with E-state index in [0.29, 0.717) is 16.8 Å². The van der Waals surface area contributed by atoms with Crippen LogP contribution in [0.5, 0.6) is 5.75 Å². The molecule has 2 aromatic rings. The first-order valence-electron chi connectivity index (χ1n) is 12.1. The highest BCUT2D eigenvalue weighted by atomic mass is 16.3. The van der Waals surface area contributed by atoms with Crippen molar-refractivity contribution in [3.05, 3.63) is 81.6 Å². The molecule has 3 aliphatic rings. The summed E-state index contributed by atoms with van der Waals surface area (Å²) in [5.74, 6) is -6.73. The number of fused-ring (bicyclic) bond motifs is 3. The average Bonchev–Trinajstić information content (AvgIpc) is 2.86. The van der Waals surface area contributed by atoms with Gasteiger partial charge in [-0.1, -0.05) is 18.2 Å². The number of aliphatic hydroxyl groups is 3. The van der Waals surface area contributed by atoms with Crippen molar-refractivity contribution < 1.29 is 34.8 Å². The van der Waals surface area contributed by atoms with Crippen molar-refractivity contribution in [3.8, 4) is 5.75 Å². The zero-order valence-corrected chi connectivity index (χ0v) is 20.8. The second-order valence-electron chi connectivity index (χ2n) is 10.1. The normalized spacial score (nSPS) is 27.0. The van der Waals surface area contributed by atoms with Crippen molar-refractivity contribution in [3.63, 3.8) is 0 Å². The van der Waals surface area contributed by atoms with E-state index in [1.807, 2.05) is 12.1 Å². The predicted molar refractivity (Wildman–Crippen MR) is 137 cm³/mol. The fourth-order valence-electron chi connectivity index (χ4n) is 6.08. The number of carbonyl (C=O) groups is 3. The molecule has 0 saturated heterocycles. The molecule has 0 bridgehead atoms. The van der Waals surface area contributed by atoms with Gasteiger partial charge in [-0.2, -0.15) is 0 Å². The number of hydrogen-bond donors (Lipinski definition) is 5. The summed E-state index contributed by atoms with van der Waals surface area (Å²) >= 11 is 0. The number of ketones is 2. The summed E-state index contributed by atoms with van der Waals surface area (Å²) in [6, 6.07) is 7.46. The number of allylic oxidation sites excluding steroid dienone is 1. The maximum Gasteiger partial charge on any atom is 0.255 e. The van der Waals surface area contributed by atoms with E-state index in [0.717, 1.165) is 0 Å². The maximum atomic E-state index is 13.7. The van der Waals surface area contributed by atoms with Crippen LogP contribution in [0, 0.1) is 11.8 Å². The molecule has 196 valence electrons. The number of amides is 1. The van der Waals surface area contributed by atoms with Crippen LogP contribution in [0.25, 0.3) is 12.2 Å². The van der Waals surface area contributed by atoms with Gasteiger partial charge in [0.15, 0.2) is 11.4 Å². The number of aromatic nitrogens is 1. The Kier molecular flexibility index (Phi) is 5.96. The van der Waals surface area contributed by atoms with Crippen LogP contribution in [-0.2, 0) is 16.0 Å². The molecule has 10 heteroatoms. The van der Waals surface area contributed by atoms with Gasteiger partial charge < -0.3 is 26.2 Å². The number of phenols is 1. The van der Waals surface area contributed by atoms with Gasteiger partial charge in [0.2, 0.25) is 5.78 Å². The van der Waals surface area contributed by atoms with Gasteiger partial charge in [0, 0.05) is 17.7 Å². The summed E-state index contributed by atoms with van der Waals surface area (Å²) < 4.78 is 0. The van der Waals surface area contributed by atoms with Gasteiger partial charge in [-0.25, -0.2) is 0 Å². The molecular formula is C28H27N3O7. The first-order valence-corrected chi connectivity index (χ1v) is 12.1. The first-order chi connectivity index (χ1) is 18.0. The minimum Gasteiger partial charge on any atom is -0.510 e. The predicted octanol–water partition coefficient (Wildman–Crippen LogP) is 1.69. The third-order valence-corrected chi connectivity index (χ3v) is 7.76. The smallest absolute Gasteiger partial charge is 0.255 e. The van der Waals surface area contributed by atoms with Gasteiger partial charge >= 0.3 is 0 Å². The molecule has 1 heterocycles. The Balaban J connectivity index is 1.66. The van der Waals surface area contributed by atoms with Crippen LogP contribution in [0.4, 0.5) is 0 Å². The molecule has 1 aromatic heterocycles. The van der Waals surface area contributed by atoms with Crippen molar-refractivity contribution in [1.82, 2.24) is 9.88 Å². The van der Waals surface area contributed by atoms with E-state index in [2.05, 4.69) is 4.98 Å². The number of aromatic hydroxyl groups is 1. The lowest BCUT2D eigenvalue weighted by atomic mass is 9.58. The Morgan fingerprint density at radius 1 is 1.13 bits per heavy atom. The van der Waals surface area contributed by atoms with Gasteiger partial charge in [-0.15, -0.1) is 0 Å². The largest absolute Gasteiger partial charge is 0.510 e. The Hall–Kier alpha value is -4.28. The Morgan fingerprint density at radius 2 is 1.87 bits per heavy atom. The van der Waals surface area contributed by atoms with Gasteiger partial charge in [0.05, 0.1) is 17.3 Å². The molecule has 0 unspecified atom stereocenters. The molecule has 10 nitrogen and oxygen atoms in total. The molecule has 38 heavy (non-hydrogen) atoms. The van der Waals surface area contributed by atoms with Crippen LogP contribution in [0.2, 0.25) is 0 Å². The molecule has 4 atom stereocenters. The lowest BCUT2D eigenvalue weighted by Crippen LogP contribution is -2.63. The highest BCUT2D eigenvalue weighted by Gasteiger charge is 2.63. The summed E-state index contributed by atoms with van der Waals surface area (Å²) in [4.78, 5) is 44.9. The second kappa shape index (κ2) is 8.93. The fourth-order valence-corrected chi connectivity index (χ4v) is 6.08. The Morgan fingerprint density at radius 3 is 2.50 bits per heavy atom. The molecule has 1 amide bonds. The topological polar surface area (TPSA) is 174 Å². The van der Waals surface area contributed by atoms with E-state index >= 15 is 0 Å². The zero-order chi connectivity index (χ0) is 27.5. The number of Topliss-reactive ketones (excluding diaryl/α,β-unsaturated/α-hetero) is 2. The number of primary amides is 1. The SMILES string of the molecule is CN(C)[C@H]1C(O)=C(C(N)=O)C(=O)[C@@]2(O)C(O)=C3C(=O)c4c(O)ccc(/C=C/c5ccccn5)c4C[C@H]3C[C@H]12. The molecule has 0 fully saturated rings. The van der Waals surface area contributed by atoms with E-state index in [-0.39, 0.29) is 29.7 Å². The van der Waals surface area contributed by atoms with Crippen molar-refractivity contribution in [2.75, 3.05) is 14.1 Å². The number of likely N-dealkylation sites (N-methyl/N-ethyl adjacent to an activating group) is 1. The Bertz CT molecular complexity index is 1470. The highest BCUT2D eigenvalue weighted by Crippen LogP contribution is 2.52. The lowest BCUT2D eigenvalue weighted by Gasteiger charge is -2.50. The minimum absolute atomic E-state index is 0.0326. The maximum absolute atomic E-state index is 13.7. The number of benzene rings is 1. The van der Waals surface area contributed by atoms with E-state index in [4.69, 9.17) is 5.73 Å². The first kappa shape index (κ1) is 25.4. The number of nitrogens with two attached hydrogens (primary N) is 1. The summed E-state index contributed by atoms with van der Waals surface area (Å²) in [6.07, 6.45) is 5.45. The fraction of sp³-hybridized carbons (Fsp3) is 0.286. The summed E-state index contributed by atoms with van der Waals surface area (Å²) in [6.45, 7) is 0. The zero-order valence-electron chi connectivity index (χ0n) is 20.8. The van der Waals surface area contributed by atoms with Gasteiger partial charge in [0.25, 0.3) is 5.91 Å². The van der Waals surface area contributed by atoms with Crippen LogP contribution >= 0.6 is 0 Å². The number of nitrogens with zero attached hydrogens (tertiary/aromatic N) is 2. The van der Waals surface area contributed by atoms with Gasteiger partial charge in [-0.3, -0.25) is 24.3 Å². The summed E-state index contributed by atoms with van der Waals surface area (Å²) in [5.41, 5.74) is 3.55. The number of hydrogen-bond acceptors (Lipinski definition) is 9. The van der Waals surface area contributed by atoms with Gasteiger partial charge in [0.1, 0.15) is 22.8 Å². The number of phenolic OH excluding ortho intramolecular Hbond substituents is 1. The molecule has 6 N–H and O–H groups in total. The van der Waals surface area contributed by atoms with E-state index in [9.17, 15) is 34.8 Å². The van der Waals surface area contributed by atoms with Crippen molar-refractivity contribution >= 4 is 29.6 Å². The second-order valence-corrected chi connectivity index (χ2v) is 10.1. The number of carbonyl (C=O) groups excluding carboxylic acids is 3.